The molecule has 4 saturated heterocycles. The van der Waals surface area contributed by atoms with Gasteiger partial charge in [-0.25, -0.2) is 60.3 Å². The third-order valence-corrected chi connectivity index (χ3v) is 22.9. The number of urea groups is 3. The lowest BCUT2D eigenvalue weighted by Crippen LogP contribution is -2.43. The molecule has 15 heterocycles. The second kappa shape index (κ2) is 37.0. The van der Waals surface area contributed by atoms with Gasteiger partial charge in [0.25, 0.3) is 0 Å². The van der Waals surface area contributed by atoms with E-state index >= 15 is 0 Å². The van der Waals surface area contributed by atoms with Crippen molar-refractivity contribution in [2.45, 2.75) is 95.3 Å². The molecule has 0 bridgehead atoms. The van der Waals surface area contributed by atoms with Gasteiger partial charge in [-0.15, -0.1) is 0 Å². The van der Waals surface area contributed by atoms with Crippen LogP contribution in [0.2, 0.25) is 0 Å². The molecule has 9 aromatic heterocycles. The van der Waals surface area contributed by atoms with Crippen LogP contribution < -0.4 is 31.9 Å². The minimum Gasteiger partial charge on any atom is -0.383 e. The summed E-state index contributed by atoms with van der Waals surface area (Å²) in [6, 6.07) is 32.9. The lowest BCUT2D eigenvalue weighted by molar-refractivity contribution is -0.140. The zero-order valence-electron chi connectivity index (χ0n) is 68.3. The van der Waals surface area contributed by atoms with Crippen molar-refractivity contribution in [3.05, 3.63) is 234 Å². The van der Waals surface area contributed by atoms with Crippen LogP contribution in [-0.4, -0.2) is 232 Å². The molecule has 0 spiro atoms. The Bertz CT molecular complexity index is 5600. The SMILES string of the molecule is COCCN1C[C@@H](n2cc(F)c(F)c2)[C@H](NC(=O)Nc2c(C)c(-c3cnc(C4(F)COC4)nc3)nn2-c2ccccc2)C1.COCCN1C[C@@H](n2ccc(F)c2)[C@H](NC(=O)Nc2c(C)c(-c3cc4n(n3)CCC4)nn2-c2ccccc2)C1.COCCN1C[C@@H](n2ccc(F)c2)[C@H](NC(=O)Nc2c(C)c(-c3cnc4c(c3)COC4)nn2-c2ccccc2)C1. The van der Waals surface area contributed by atoms with Crippen LogP contribution in [0.25, 0.3) is 51.0 Å². The first-order valence-corrected chi connectivity index (χ1v) is 40.5. The van der Waals surface area contributed by atoms with E-state index in [0.29, 0.717) is 119 Å². The van der Waals surface area contributed by atoms with Crippen molar-refractivity contribution in [1.82, 2.24) is 98.4 Å². The number of amides is 6. The zero-order chi connectivity index (χ0) is 84.7. The Labute approximate surface area is 700 Å². The molecule has 3 aromatic carbocycles. The van der Waals surface area contributed by atoms with E-state index in [1.807, 2.05) is 119 Å². The molecule has 6 aliphatic heterocycles. The number of halogens is 5. The molecule has 31 nitrogen and oxygen atoms in total. The van der Waals surface area contributed by atoms with E-state index in [1.54, 1.807) is 60.9 Å². The van der Waals surface area contributed by atoms with Gasteiger partial charge in [0.2, 0.25) is 5.67 Å². The lowest BCUT2D eigenvalue weighted by atomic mass is 10.0. The molecule has 0 saturated carbocycles. The van der Waals surface area contributed by atoms with Crippen molar-refractivity contribution in [3.8, 4) is 51.0 Å². The van der Waals surface area contributed by atoms with Gasteiger partial charge < -0.3 is 53.3 Å². The fraction of sp³-hybridized carbons (Fsp3) is 0.372. The first-order chi connectivity index (χ1) is 59.2. The van der Waals surface area contributed by atoms with Gasteiger partial charge in [0.1, 0.15) is 46.2 Å². The molecule has 0 aliphatic carbocycles. The van der Waals surface area contributed by atoms with Crippen LogP contribution >= 0.6 is 0 Å². The highest BCUT2D eigenvalue weighted by Gasteiger charge is 2.44. The molecular formula is C86H96F5N23O8. The van der Waals surface area contributed by atoms with Crippen molar-refractivity contribution in [2.24, 2.45) is 0 Å². The molecule has 6 aliphatic rings. The van der Waals surface area contributed by atoms with Gasteiger partial charge in [0.15, 0.2) is 17.5 Å². The highest BCUT2D eigenvalue weighted by molar-refractivity contribution is 5.93. The van der Waals surface area contributed by atoms with Crippen molar-refractivity contribution in [1.29, 1.82) is 0 Å². The number of benzene rings is 3. The first-order valence-electron chi connectivity index (χ1n) is 40.5. The number of aromatic nitrogens is 14. The van der Waals surface area contributed by atoms with Gasteiger partial charge in [-0.3, -0.25) is 40.3 Å². The van der Waals surface area contributed by atoms with E-state index in [2.05, 4.69) is 73.7 Å². The Morgan fingerprint density at radius 2 is 0.918 bits per heavy atom. The minimum absolute atomic E-state index is 0.0495. The number of alkyl halides is 1. The number of aryl methyl sites for hydroxylation is 2. The van der Waals surface area contributed by atoms with E-state index in [4.69, 9.17) is 44.1 Å². The van der Waals surface area contributed by atoms with Crippen LogP contribution in [0.4, 0.5) is 53.8 Å². The predicted molar refractivity (Wildman–Crippen MR) is 444 cm³/mol. The molecule has 638 valence electrons. The van der Waals surface area contributed by atoms with Crippen molar-refractivity contribution >= 4 is 35.5 Å². The number of para-hydroxylation sites is 3. The van der Waals surface area contributed by atoms with Gasteiger partial charge >= 0.3 is 18.1 Å². The fourth-order valence-corrected chi connectivity index (χ4v) is 16.5. The van der Waals surface area contributed by atoms with Crippen molar-refractivity contribution in [2.75, 3.05) is 129 Å². The van der Waals surface area contributed by atoms with Crippen molar-refractivity contribution < 1.29 is 60.0 Å². The highest BCUT2D eigenvalue weighted by Crippen LogP contribution is 2.38. The largest absolute Gasteiger partial charge is 0.383 e. The number of pyridine rings is 1. The number of carbonyl (C=O) groups excluding carboxylic acids is 3. The number of nitrogens with zero attached hydrogens (tertiary/aromatic N) is 17. The third kappa shape index (κ3) is 18.3. The Balaban J connectivity index is 0.000000136. The number of methoxy groups -OCH3 is 3. The molecule has 4 fully saturated rings. The average Bonchev–Trinajstić information content (AvgIpc) is 1.73. The number of anilines is 3. The van der Waals surface area contributed by atoms with Crippen LogP contribution in [0.3, 0.4) is 0 Å². The van der Waals surface area contributed by atoms with Crippen LogP contribution in [0, 0.1) is 44.0 Å². The molecule has 18 rings (SSSR count). The van der Waals surface area contributed by atoms with Crippen LogP contribution in [0.5, 0.6) is 0 Å². The fourth-order valence-electron chi connectivity index (χ4n) is 16.5. The summed E-state index contributed by atoms with van der Waals surface area (Å²) in [4.78, 5) is 59.9. The van der Waals surface area contributed by atoms with Gasteiger partial charge in [-0.1, -0.05) is 54.6 Å². The summed E-state index contributed by atoms with van der Waals surface area (Å²) >= 11 is 0. The average molecular weight is 1670 g/mol. The van der Waals surface area contributed by atoms with Gasteiger partial charge in [-0.2, -0.15) is 20.4 Å². The summed E-state index contributed by atoms with van der Waals surface area (Å²) in [6.07, 6.45) is 15.5. The number of likely N-dealkylation sites (tertiary alicyclic amines) is 3. The Morgan fingerprint density at radius 1 is 0.492 bits per heavy atom. The summed E-state index contributed by atoms with van der Waals surface area (Å²) in [5, 5.41) is 37.6. The maximum absolute atomic E-state index is 14.7. The van der Waals surface area contributed by atoms with E-state index in [-0.39, 0.29) is 66.9 Å². The standard InChI is InChI=1S/C29H31F3N8O3.C29H32FN7O3.C28H33FN8O2/c1-18-25(19-10-33-27(34-11-19)29(32)16-43-17-29)37-40(20-6-4-3-5-7-20)26(18)36-28(41)35-23-14-38(8-9-42-2)15-24(23)39-12-21(30)22(31)13-39;1-19-27(20-12-21-17-40-18-25(21)31-13-20)34-37(23-6-4-3-5-7-23)28(19)33-29(38)32-24-15-35(10-11-39-2)16-26(24)36-9-8-22(30)14-36;1-19-26(23-15-22-9-6-11-36(22)32-23)33-37(21-7-4-3-5-8-21)27(19)31-28(38)30-24-17-34(13-14-39-2)18-25(24)35-12-10-20(29)16-35/h3-7,10-13,23-24H,8-9,14-17H2,1-2H3,(H2,35,36,41);3-9,12-14,24,26H,10-11,15-18H2,1-2H3,(H2,32,33,38);3-5,7-8,10,12,15-16,24-25H,6,9,11,13-14,17-18H2,1-2H3,(H2,30,31,38)/t23-,24-;24-,26-;24-,25-/m111/s1. The number of fused-ring (bicyclic) bond motifs is 2. The molecule has 6 atom stereocenters. The zero-order valence-corrected chi connectivity index (χ0v) is 68.3. The molecule has 122 heavy (non-hydrogen) atoms. The smallest absolute Gasteiger partial charge is 0.320 e. The Hall–Kier alpha value is -12.3. The van der Waals surface area contributed by atoms with Gasteiger partial charge in [0.05, 0.1) is 111 Å². The maximum Gasteiger partial charge on any atom is 0.320 e. The third-order valence-electron chi connectivity index (χ3n) is 22.9. The second-order valence-electron chi connectivity index (χ2n) is 31.2. The molecular weight excluding hydrogens is 1580 g/mol. The van der Waals surface area contributed by atoms with E-state index < -0.39 is 35.4 Å². The first kappa shape index (κ1) is 83.4. The summed E-state index contributed by atoms with van der Waals surface area (Å²) in [7, 11) is 4.93. The lowest BCUT2D eigenvalue weighted by Gasteiger charge is -2.31. The molecule has 0 radical (unpaired) electrons. The van der Waals surface area contributed by atoms with Gasteiger partial charge in [0, 0.05) is 182 Å². The summed E-state index contributed by atoms with van der Waals surface area (Å²) in [6.45, 7) is 14.7. The number of ether oxygens (including phenoxy) is 5. The topological polar surface area (TPSA) is 304 Å². The van der Waals surface area contributed by atoms with E-state index in [9.17, 15) is 36.3 Å². The molecule has 12 aromatic rings. The van der Waals surface area contributed by atoms with Crippen LogP contribution in [0.1, 0.15) is 64.0 Å². The molecule has 6 N–H and O–H groups in total. The molecule has 0 unspecified atom stereocenters. The number of rotatable bonds is 25. The summed E-state index contributed by atoms with van der Waals surface area (Å²) in [5.74, 6) is -0.904. The summed E-state index contributed by atoms with van der Waals surface area (Å²) in [5.41, 5.74) is 10.3. The number of carbonyl (C=O) groups is 3. The number of hydrogen-bond donors (Lipinski definition) is 6. The Morgan fingerprint density at radius 3 is 1.34 bits per heavy atom. The quantitative estimate of drug-likeness (QED) is 0.0290. The summed E-state index contributed by atoms with van der Waals surface area (Å²) < 4.78 is 109. The second-order valence-corrected chi connectivity index (χ2v) is 31.2. The van der Waals surface area contributed by atoms with Gasteiger partial charge in [-0.05, 0) is 94.3 Å². The monoisotopic (exact) mass is 1670 g/mol. The minimum atomic E-state index is -1.70. The highest BCUT2D eigenvalue weighted by atomic mass is 19.2. The normalized spacial score (nSPS) is 19.1. The van der Waals surface area contributed by atoms with Crippen LogP contribution in [-0.2, 0) is 55.5 Å². The number of hydrogen-bond acceptors (Lipinski definition) is 18. The number of nitrogens with one attached hydrogen (secondary N) is 6. The Kier molecular flexibility index (Phi) is 25.3. The van der Waals surface area contributed by atoms with Crippen LogP contribution in [0.15, 0.2) is 171 Å². The molecule has 36 heteroatoms. The molecule has 6 amide bonds. The van der Waals surface area contributed by atoms with Crippen molar-refractivity contribution in [3.63, 3.8) is 0 Å². The van der Waals surface area contributed by atoms with E-state index in [1.165, 1.54) is 47.2 Å². The van der Waals surface area contributed by atoms with E-state index in [0.717, 1.165) is 101 Å². The maximum atomic E-state index is 14.7. The predicted octanol–water partition coefficient (Wildman–Crippen LogP) is 11.1.